The molecule has 0 amide bonds. The number of hydrogen-bond donors (Lipinski definition) is 3. The number of nitrogens with zero attached hydrogens (tertiary/aromatic N) is 8. The first-order valence-corrected chi connectivity index (χ1v) is 10.8. The zero-order chi connectivity index (χ0) is 25.4. The number of H-pyrrole nitrogens is 1. The summed E-state index contributed by atoms with van der Waals surface area (Å²) in [5, 5.41) is 18.5. The van der Waals surface area contributed by atoms with E-state index in [-0.39, 0.29) is 11.2 Å². The Labute approximate surface area is 203 Å². The van der Waals surface area contributed by atoms with Gasteiger partial charge in [-0.3, -0.25) is 4.98 Å². The van der Waals surface area contributed by atoms with E-state index >= 15 is 0 Å². The maximum absolute atomic E-state index is 13.4. The van der Waals surface area contributed by atoms with Crippen LogP contribution in [-0.2, 0) is 7.05 Å². The molecule has 5 rings (SSSR count). The molecule has 14 heteroatoms. The number of aryl methyl sites for hydroxylation is 3. The summed E-state index contributed by atoms with van der Waals surface area (Å²) in [5.74, 6) is 1.12. The number of halogens is 2. The van der Waals surface area contributed by atoms with Gasteiger partial charge < -0.3 is 20.4 Å². The molecule has 0 atom stereocenters. The van der Waals surface area contributed by atoms with E-state index in [9.17, 15) is 8.78 Å². The first kappa shape index (κ1) is 23.0. The van der Waals surface area contributed by atoms with Crippen LogP contribution in [0, 0.1) is 13.8 Å². The summed E-state index contributed by atoms with van der Waals surface area (Å²) in [4.78, 5) is 21.1. The molecule has 0 aliphatic rings. The average molecular weight is 493 g/mol. The summed E-state index contributed by atoms with van der Waals surface area (Å²) >= 11 is 0. The number of ether oxygens (including phenoxy) is 1. The number of nitrogens with one attached hydrogen (secondary N) is 3. The minimum atomic E-state index is -2.80. The molecule has 184 valence electrons. The van der Waals surface area contributed by atoms with Gasteiger partial charge in [0.1, 0.15) is 17.2 Å². The molecule has 0 saturated carbocycles. The molecule has 4 heterocycles. The second kappa shape index (κ2) is 9.13. The van der Waals surface area contributed by atoms with Gasteiger partial charge in [0.05, 0.1) is 48.7 Å². The molecule has 0 spiro atoms. The lowest BCUT2D eigenvalue weighted by Crippen LogP contribution is -2.02. The van der Waals surface area contributed by atoms with Crippen LogP contribution in [-0.4, -0.2) is 52.2 Å². The van der Waals surface area contributed by atoms with Crippen LogP contribution in [0.2, 0.25) is 0 Å². The van der Waals surface area contributed by atoms with Crippen molar-refractivity contribution in [1.29, 1.82) is 0 Å². The molecule has 4 aromatic heterocycles. The van der Waals surface area contributed by atoms with Crippen LogP contribution in [0.3, 0.4) is 0 Å². The number of methoxy groups -OCH3 is 1. The van der Waals surface area contributed by atoms with Gasteiger partial charge in [0.15, 0.2) is 17.2 Å². The Hall–Kier alpha value is -4.75. The topological polar surface area (TPSA) is 144 Å². The van der Waals surface area contributed by atoms with Crippen molar-refractivity contribution in [3.8, 4) is 17.1 Å². The average Bonchev–Trinajstić information content (AvgIpc) is 3.48. The van der Waals surface area contributed by atoms with E-state index < -0.39 is 12.2 Å². The standard InChI is InChI=1S/C22H21F2N11O/c1-10-11(2)26-16(9-25-10)28-15-8-14(17-21(29-15)31-22(30-17)19(23)24)27-13-7-5-6-12(18(13)36-4)20-32-34-35(3)33-20/h5-9,19H,1-4H3,(H3,26,27,28,29,30,31). The van der Waals surface area contributed by atoms with Crippen molar-refractivity contribution in [2.24, 2.45) is 7.05 Å². The third-order valence-electron chi connectivity index (χ3n) is 5.36. The van der Waals surface area contributed by atoms with Crippen LogP contribution in [0.1, 0.15) is 23.6 Å². The number of tetrazole rings is 1. The van der Waals surface area contributed by atoms with Gasteiger partial charge in [-0.25, -0.2) is 23.7 Å². The van der Waals surface area contributed by atoms with Crippen molar-refractivity contribution in [3.05, 3.63) is 47.7 Å². The number of fused-ring (bicyclic) bond motifs is 1. The second-order valence-electron chi connectivity index (χ2n) is 7.84. The number of rotatable bonds is 7. The number of para-hydroxylation sites is 1. The molecule has 12 nitrogen and oxygen atoms in total. The van der Waals surface area contributed by atoms with E-state index in [0.29, 0.717) is 40.1 Å². The van der Waals surface area contributed by atoms with Crippen LogP contribution >= 0.6 is 0 Å². The minimum Gasteiger partial charge on any atom is -0.494 e. The number of benzene rings is 1. The lowest BCUT2D eigenvalue weighted by Gasteiger charge is -2.15. The van der Waals surface area contributed by atoms with Crippen LogP contribution < -0.4 is 15.4 Å². The first-order chi connectivity index (χ1) is 17.3. The summed E-state index contributed by atoms with van der Waals surface area (Å²) < 4.78 is 32.5. The SMILES string of the molecule is COc1c(Nc2cc(Nc3cnc(C)c(C)n3)nc3[nH]c(C(F)F)nc23)cccc1-c1nnn(C)n1. The molecule has 1 aromatic carbocycles. The number of alkyl halides is 2. The predicted molar refractivity (Wildman–Crippen MR) is 128 cm³/mol. The highest BCUT2D eigenvalue weighted by Gasteiger charge is 2.20. The first-order valence-electron chi connectivity index (χ1n) is 10.8. The van der Waals surface area contributed by atoms with Crippen molar-refractivity contribution in [2.75, 3.05) is 17.7 Å². The largest absolute Gasteiger partial charge is 0.494 e. The molecule has 0 unspecified atom stereocenters. The predicted octanol–water partition coefficient (Wildman–Crippen LogP) is 3.99. The fourth-order valence-electron chi connectivity index (χ4n) is 3.57. The Kier molecular flexibility index (Phi) is 5.83. The zero-order valence-electron chi connectivity index (χ0n) is 19.7. The molecule has 3 N–H and O–H groups in total. The van der Waals surface area contributed by atoms with Crippen molar-refractivity contribution >= 4 is 34.2 Å². The fourth-order valence-corrected chi connectivity index (χ4v) is 3.57. The molecule has 0 saturated heterocycles. The smallest absolute Gasteiger partial charge is 0.295 e. The number of aromatic nitrogens is 9. The third kappa shape index (κ3) is 4.35. The van der Waals surface area contributed by atoms with Gasteiger partial charge in [0, 0.05) is 6.07 Å². The van der Waals surface area contributed by atoms with Crippen molar-refractivity contribution < 1.29 is 13.5 Å². The minimum absolute atomic E-state index is 0.167. The quantitative estimate of drug-likeness (QED) is 0.304. The summed E-state index contributed by atoms with van der Waals surface area (Å²) in [7, 11) is 3.17. The van der Waals surface area contributed by atoms with Crippen LogP contribution in [0.4, 0.5) is 31.8 Å². The van der Waals surface area contributed by atoms with Gasteiger partial charge in [0.2, 0.25) is 5.82 Å². The maximum atomic E-state index is 13.4. The number of hydrogen-bond acceptors (Lipinski definition) is 10. The molecule has 0 radical (unpaired) electrons. The van der Waals surface area contributed by atoms with E-state index in [4.69, 9.17) is 4.74 Å². The van der Waals surface area contributed by atoms with E-state index in [1.165, 1.54) is 11.9 Å². The summed E-state index contributed by atoms with van der Waals surface area (Å²) in [6, 6.07) is 6.99. The van der Waals surface area contributed by atoms with Gasteiger partial charge in [-0.1, -0.05) is 6.07 Å². The van der Waals surface area contributed by atoms with Gasteiger partial charge >= 0.3 is 0 Å². The van der Waals surface area contributed by atoms with E-state index in [2.05, 4.69) is 51.0 Å². The molecular formula is C22H21F2N11O. The van der Waals surface area contributed by atoms with E-state index in [1.54, 1.807) is 37.5 Å². The Balaban J connectivity index is 1.59. The van der Waals surface area contributed by atoms with E-state index in [0.717, 1.165) is 11.4 Å². The molecule has 0 aliphatic carbocycles. The van der Waals surface area contributed by atoms with Gasteiger partial charge in [-0.15, -0.1) is 10.2 Å². The van der Waals surface area contributed by atoms with Crippen molar-refractivity contribution in [2.45, 2.75) is 20.3 Å². The number of aromatic amines is 1. The van der Waals surface area contributed by atoms with Gasteiger partial charge in [0.25, 0.3) is 6.43 Å². The molecule has 5 aromatic rings. The number of anilines is 4. The van der Waals surface area contributed by atoms with E-state index in [1.807, 2.05) is 13.8 Å². The molecule has 0 fully saturated rings. The molecule has 0 bridgehead atoms. The van der Waals surface area contributed by atoms with Crippen molar-refractivity contribution in [3.63, 3.8) is 0 Å². The number of imidazole rings is 1. The zero-order valence-corrected chi connectivity index (χ0v) is 19.7. The lowest BCUT2D eigenvalue weighted by molar-refractivity contribution is 0.142. The highest BCUT2D eigenvalue weighted by Crippen LogP contribution is 2.38. The van der Waals surface area contributed by atoms with Gasteiger partial charge in [-0.2, -0.15) is 4.80 Å². The lowest BCUT2D eigenvalue weighted by atomic mass is 10.1. The Morgan fingerprint density at radius 1 is 1.03 bits per heavy atom. The Morgan fingerprint density at radius 3 is 2.56 bits per heavy atom. The maximum Gasteiger partial charge on any atom is 0.295 e. The van der Waals surface area contributed by atoms with Crippen LogP contribution in [0.15, 0.2) is 30.5 Å². The van der Waals surface area contributed by atoms with Crippen LogP contribution in [0.5, 0.6) is 5.75 Å². The monoisotopic (exact) mass is 493 g/mol. The summed E-state index contributed by atoms with van der Waals surface area (Å²) in [5.41, 5.74) is 3.48. The molecule has 36 heavy (non-hydrogen) atoms. The normalized spacial score (nSPS) is 11.3. The van der Waals surface area contributed by atoms with Crippen molar-refractivity contribution in [1.82, 2.24) is 45.1 Å². The highest BCUT2D eigenvalue weighted by atomic mass is 19.3. The summed E-state index contributed by atoms with van der Waals surface area (Å²) in [6.07, 6.45) is -1.23. The third-order valence-corrected chi connectivity index (χ3v) is 5.36. The molecule has 0 aliphatic heterocycles. The van der Waals surface area contributed by atoms with Gasteiger partial charge in [-0.05, 0) is 31.2 Å². The Bertz CT molecular complexity index is 1560. The number of pyridine rings is 1. The summed E-state index contributed by atoms with van der Waals surface area (Å²) in [6.45, 7) is 3.69. The van der Waals surface area contributed by atoms with Crippen LogP contribution in [0.25, 0.3) is 22.6 Å². The fraction of sp³-hybridized carbons (Fsp3) is 0.227. The second-order valence-corrected chi connectivity index (χ2v) is 7.84. The highest BCUT2D eigenvalue weighted by molar-refractivity contribution is 5.92. The Morgan fingerprint density at radius 2 is 1.86 bits per heavy atom. The molecular weight excluding hydrogens is 472 g/mol.